The highest BCUT2D eigenvalue weighted by atomic mass is 16.4. The molecule has 6 heteroatoms. The number of hydrogen-bond acceptors (Lipinski definition) is 4. The number of nitrogens with zero attached hydrogens (tertiary/aromatic N) is 1. The smallest absolute Gasteiger partial charge is 0.320 e. The first-order valence-corrected chi connectivity index (χ1v) is 5.86. The molecule has 94 valence electrons. The maximum Gasteiger partial charge on any atom is 0.320 e. The van der Waals surface area contributed by atoms with Crippen LogP contribution in [0.3, 0.4) is 0 Å². The number of rotatable bonds is 3. The predicted octanol–water partition coefficient (Wildman–Crippen LogP) is -0.556. The molecule has 2 N–H and O–H groups in total. The van der Waals surface area contributed by atoms with E-state index in [0.717, 1.165) is 0 Å². The van der Waals surface area contributed by atoms with Gasteiger partial charge in [-0.3, -0.25) is 24.6 Å². The lowest BCUT2D eigenvalue weighted by molar-refractivity contribution is -0.145. The van der Waals surface area contributed by atoms with Crippen LogP contribution >= 0.6 is 0 Å². The minimum absolute atomic E-state index is 0.206. The van der Waals surface area contributed by atoms with Gasteiger partial charge in [-0.05, 0) is 19.4 Å². The van der Waals surface area contributed by atoms with Crippen LogP contribution in [0.1, 0.15) is 19.8 Å². The van der Waals surface area contributed by atoms with Crippen molar-refractivity contribution in [2.45, 2.75) is 25.8 Å². The second-order valence-corrected chi connectivity index (χ2v) is 4.61. The van der Waals surface area contributed by atoms with Gasteiger partial charge in [-0.1, -0.05) is 6.92 Å². The molecular weight excluding hydrogens is 224 g/mol. The Balaban J connectivity index is 2.09. The summed E-state index contributed by atoms with van der Waals surface area (Å²) in [6.45, 7) is 2.74. The molecule has 3 atom stereocenters. The van der Waals surface area contributed by atoms with E-state index in [2.05, 4.69) is 5.32 Å². The number of piperidine rings is 1. The Kier molecular flexibility index (Phi) is 3.15. The third-order valence-electron chi connectivity index (χ3n) is 3.68. The van der Waals surface area contributed by atoms with Crippen molar-refractivity contribution < 1.29 is 19.5 Å². The van der Waals surface area contributed by atoms with E-state index in [4.69, 9.17) is 5.11 Å². The van der Waals surface area contributed by atoms with E-state index in [-0.39, 0.29) is 23.7 Å². The molecule has 0 spiro atoms. The first-order valence-electron chi connectivity index (χ1n) is 5.86. The fourth-order valence-electron chi connectivity index (χ4n) is 2.74. The molecule has 0 aromatic heterocycles. The van der Waals surface area contributed by atoms with Crippen molar-refractivity contribution >= 4 is 17.8 Å². The zero-order valence-corrected chi connectivity index (χ0v) is 9.68. The largest absolute Gasteiger partial charge is 0.480 e. The molecule has 0 bridgehead atoms. The van der Waals surface area contributed by atoms with Crippen molar-refractivity contribution in [3.63, 3.8) is 0 Å². The second-order valence-electron chi connectivity index (χ2n) is 4.61. The van der Waals surface area contributed by atoms with Crippen molar-refractivity contribution in [1.82, 2.24) is 10.2 Å². The molecule has 2 amide bonds. The third kappa shape index (κ3) is 2.04. The maximum absolute atomic E-state index is 11.5. The van der Waals surface area contributed by atoms with Crippen molar-refractivity contribution in [3.05, 3.63) is 0 Å². The van der Waals surface area contributed by atoms with Crippen molar-refractivity contribution in [2.75, 3.05) is 13.1 Å². The quantitative estimate of drug-likeness (QED) is 0.646. The van der Waals surface area contributed by atoms with Gasteiger partial charge in [0.05, 0.1) is 11.8 Å². The number of carbonyl (C=O) groups is 3. The lowest BCUT2D eigenvalue weighted by Crippen LogP contribution is -2.49. The van der Waals surface area contributed by atoms with Crippen LogP contribution in [0, 0.1) is 11.8 Å². The average molecular weight is 240 g/mol. The van der Waals surface area contributed by atoms with Gasteiger partial charge in [0, 0.05) is 6.54 Å². The fraction of sp³-hybridized carbons (Fsp3) is 0.727. The Labute approximate surface area is 99.0 Å². The van der Waals surface area contributed by atoms with Crippen LogP contribution in [0.5, 0.6) is 0 Å². The molecule has 2 heterocycles. The van der Waals surface area contributed by atoms with E-state index in [9.17, 15) is 14.4 Å². The minimum Gasteiger partial charge on any atom is -0.480 e. The number of carbonyl (C=O) groups excluding carboxylic acids is 2. The molecule has 0 aliphatic carbocycles. The van der Waals surface area contributed by atoms with Crippen molar-refractivity contribution in [2.24, 2.45) is 11.8 Å². The van der Waals surface area contributed by atoms with Crippen molar-refractivity contribution in [3.8, 4) is 0 Å². The number of carboxylic acid groups (broad SMARTS) is 1. The number of likely N-dealkylation sites (tertiary alicyclic amines) is 1. The summed E-state index contributed by atoms with van der Waals surface area (Å²) in [6.07, 6.45) is 1.06. The van der Waals surface area contributed by atoms with Gasteiger partial charge >= 0.3 is 5.97 Å². The maximum atomic E-state index is 11.5. The molecule has 0 aromatic carbocycles. The number of aliphatic carboxylic acids is 1. The van der Waals surface area contributed by atoms with Gasteiger partial charge in [-0.2, -0.15) is 0 Å². The topological polar surface area (TPSA) is 86.7 Å². The van der Waals surface area contributed by atoms with Crippen LogP contribution < -0.4 is 5.32 Å². The highest BCUT2D eigenvalue weighted by Gasteiger charge is 2.46. The summed E-state index contributed by atoms with van der Waals surface area (Å²) >= 11 is 0. The van der Waals surface area contributed by atoms with E-state index >= 15 is 0 Å². The Morgan fingerprint density at radius 1 is 1.47 bits per heavy atom. The first-order chi connectivity index (χ1) is 8.04. The molecule has 17 heavy (non-hydrogen) atoms. The van der Waals surface area contributed by atoms with Crippen LogP contribution in [-0.4, -0.2) is 46.9 Å². The van der Waals surface area contributed by atoms with E-state index < -0.39 is 12.0 Å². The average Bonchev–Trinajstić information content (AvgIpc) is 2.55. The number of carboxylic acids is 1. The zero-order chi connectivity index (χ0) is 12.6. The molecule has 2 aliphatic rings. The van der Waals surface area contributed by atoms with Crippen LogP contribution in [0.15, 0.2) is 0 Å². The summed E-state index contributed by atoms with van der Waals surface area (Å²) in [6, 6.07) is -0.556. The summed E-state index contributed by atoms with van der Waals surface area (Å²) in [4.78, 5) is 35.8. The Morgan fingerprint density at radius 2 is 2.12 bits per heavy atom. The first kappa shape index (κ1) is 12.0. The second kappa shape index (κ2) is 4.44. The lowest BCUT2D eigenvalue weighted by Gasteiger charge is -2.35. The standard InChI is InChI=1S/C11H16N2O4/c1-2-8(11(16)17)13-4-3-6-7(5-13)10(15)12-9(6)14/h6-8H,2-5H2,1H3,(H,16,17)(H,12,14,15). The molecule has 2 saturated heterocycles. The summed E-state index contributed by atoms with van der Waals surface area (Å²) in [5.41, 5.74) is 0. The molecule has 3 unspecified atom stereocenters. The van der Waals surface area contributed by atoms with Gasteiger partial charge < -0.3 is 5.11 Å². The van der Waals surface area contributed by atoms with Crippen LogP contribution in [0.25, 0.3) is 0 Å². The zero-order valence-electron chi connectivity index (χ0n) is 9.68. The van der Waals surface area contributed by atoms with Gasteiger partial charge in [0.25, 0.3) is 0 Å². The SMILES string of the molecule is CCC(C(=O)O)N1CCC2C(=O)NC(=O)C2C1. The van der Waals surface area contributed by atoms with Crippen LogP contribution in [-0.2, 0) is 14.4 Å². The van der Waals surface area contributed by atoms with Crippen LogP contribution in [0.2, 0.25) is 0 Å². The molecule has 6 nitrogen and oxygen atoms in total. The molecule has 0 saturated carbocycles. The Bertz CT molecular complexity index is 368. The Morgan fingerprint density at radius 3 is 2.71 bits per heavy atom. The summed E-state index contributed by atoms with van der Waals surface area (Å²) in [5, 5.41) is 11.4. The summed E-state index contributed by atoms with van der Waals surface area (Å²) in [7, 11) is 0. The normalized spacial score (nSPS) is 30.9. The van der Waals surface area contributed by atoms with E-state index in [1.807, 2.05) is 6.92 Å². The molecule has 0 radical (unpaired) electrons. The van der Waals surface area contributed by atoms with Gasteiger partial charge in [0.15, 0.2) is 0 Å². The molecule has 0 aromatic rings. The van der Waals surface area contributed by atoms with Gasteiger partial charge in [-0.25, -0.2) is 0 Å². The molecule has 2 rings (SSSR count). The molecular formula is C11H16N2O4. The number of fused-ring (bicyclic) bond motifs is 1. The Hall–Kier alpha value is -1.43. The highest BCUT2D eigenvalue weighted by molar-refractivity contribution is 6.05. The number of hydrogen-bond donors (Lipinski definition) is 2. The van der Waals surface area contributed by atoms with E-state index in [1.54, 1.807) is 4.90 Å². The lowest BCUT2D eigenvalue weighted by atomic mass is 9.87. The summed E-state index contributed by atoms with van der Waals surface area (Å²) < 4.78 is 0. The third-order valence-corrected chi connectivity index (χ3v) is 3.68. The summed E-state index contributed by atoms with van der Waals surface area (Å²) in [5.74, 6) is -1.96. The van der Waals surface area contributed by atoms with Crippen molar-refractivity contribution in [1.29, 1.82) is 0 Å². The molecule has 2 fully saturated rings. The van der Waals surface area contributed by atoms with Crippen LogP contribution in [0.4, 0.5) is 0 Å². The number of amides is 2. The highest BCUT2D eigenvalue weighted by Crippen LogP contribution is 2.29. The van der Waals surface area contributed by atoms with Gasteiger partial charge in [-0.15, -0.1) is 0 Å². The van der Waals surface area contributed by atoms with Gasteiger partial charge in [0.1, 0.15) is 6.04 Å². The minimum atomic E-state index is -0.865. The predicted molar refractivity (Wildman–Crippen MR) is 58.0 cm³/mol. The monoisotopic (exact) mass is 240 g/mol. The van der Waals surface area contributed by atoms with E-state index in [1.165, 1.54) is 0 Å². The number of imide groups is 1. The molecule has 2 aliphatic heterocycles. The van der Waals surface area contributed by atoms with E-state index in [0.29, 0.717) is 25.9 Å². The number of nitrogens with one attached hydrogen (secondary N) is 1. The fourth-order valence-corrected chi connectivity index (χ4v) is 2.74. The van der Waals surface area contributed by atoms with Gasteiger partial charge in [0.2, 0.25) is 11.8 Å².